The Hall–Kier alpha value is -0.260. The van der Waals surface area contributed by atoms with E-state index in [-0.39, 0.29) is 0 Å². The van der Waals surface area contributed by atoms with Gasteiger partial charge in [-0.2, -0.15) is 0 Å². The summed E-state index contributed by atoms with van der Waals surface area (Å²) in [5.74, 6) is 1.42. The Kier molecular flexibility index (Phi) is 3.60. The van der Waals surface area contributed by atoms with E-state index in [1.807, 2.05) is 0 Å². The van der Waals surface area contributed by atoms with Crippen molar-refractivity contribution in [3.63, 3.8) is 0 Å². The van der Waals surface area contributed by atoms with Crippen LogP contribution in [0.2, 0.25) is 0 Å². The highest BCUT2D eigenvalue weighted by Gasteiger charge is 1.95. The van der Waals surface area contributed by atoms with E-state index >= 15 is 0 Å². The summed E-state index contributed by atoms with van der Waals surface area (Å²) >= 11 is 0. The van der Waals surface area contributed by atoms with Gasteiger partial charge in [0.25, 0.3) is 0 Å². The molecule has 0 amide bonds. The van der Waals surface area contributed by atoms with Crippen molar-refractivity contribution in [2.45, 2.75) is 34.6 Å². The monoisotopic (exact) mass is 126 g/mol. The summed E-state index contributed by atoms with van der Waals surface area (Å²) in [5, 5.41) is 0. The van der Waals surface area contributed by atoms with Crippen molar-refractivity contribution in [2.24, 2.45) is 11.8 Å². The van der Waals surface area contributed by atoms with Gasteiger partial charge in [0, 0.05) is 0 Å². The predicted molar refractivity (Wildman–Crippen MR) is 43.4 cm³/mol. The van der Waals surface area contributed by atoms with Crippen LogP contribution in [0, 0.1) is 11.8 Å². The highest BCUT2D eigenvalue weighted by Crippen LogP contribution is 2.10. The van der Waals surface area contributed by atoms with Gasteiger partial charge in [0.2, 0.25) is 0 Å². The largest absolute Gasteiger partial charge is 0.0828 e. The molecule has 0 atom stereocenters. The summed E-state index contributed by atoms with van der Waals surface area (Å²) in [4.78, 5) is 0. The lowest BCUT2D eigenvalue weighted by atomic mass is 10.0. The second-order valence-electron chi connectivity index (χ2n) is 3.31. The molecule has 0 aromatic rings. The van der Waals surface area contributed by atoms with E-state index in [0.717, 1.165) is 0 Å². The van der Waals surface area contributed by atoms with Gasteiger partial charge in [-0.1, -0.05) is 39.3 Å². The molecule has 0 radical (unpaired) electrons. The summed E-state index contributed by atoms with van der Waals surface area (Å²) in [6, 6.07) is 0. The molecule has 0 nitrogen and oxygen atoms in total. The van der Waals surface area contributed by atoms with E-state index in [1.165, 1.54) is 5.57 Å². The Morgan fingerprint density at radius 1 is 1.11 bits per heavy atom. The van der Waals surface area contributed by atoms with Gasteiger partial charge in [-0.15, -0.1) is 0 Å². The lowest BCUT2D eigenvalue weighted by molar-refractivity contribution is 0.731. The number of hydrogen-bond acceptors (Lipinski definition) is 0. The quantitative estimate of drug-likeness (QED) is 0.498. The van der Waals surface area contributed by atoms with Gasteiger partial charge in [0.1, 0.15) is 0 Å². The molecule has 0 unspecified atom stereocenters. The molecule has 0 aliphatic carbocycles. The first-order valence-electron chi connectivity index (χ1n) is 3.72. The lowest BCUT2D eigenvalue weighted by Crippen LogP contribution is -1.91. The van der Waals surface area contributed by atoms with E-state index < -0.39 is 0 Å². The molecular formula is C9H18. The fraction of sp³-hybridized carbons (Fsp3) is 0.778. The smallest absolute Gasteiger partial charge is 0.0263 e. The maximum Gasteiger partial charge on any atom is -0.0263 e. The molecule has 0 N–H and O–H groups in total. The SMILES string of the molecule is C/C(=C\C(C)C)C(C)C. The molecule has 0 saturated carbocycles. The van der Waals surface area contributed by atoms with E-state index in [0.29, 0.717) is 11.8 Å². The highest BCUT2D eigenvalue weighted by atomic mass is 14.0. The van der Waals surface area contributed by atoms with Gasteiger partial charge in [-0.3, -0.25) is 0 Å². The van der Waals surface area contributed by atoms with E-state index in [1.54, 1.807) is 0 Å². The van der Waals surface area contributed by atoms with Crippen LogP contribution < -0.4 is 0 Å². The summed E-state index contributed by atoms with van der Waals surface area (Å²) < 4.78 is 0. The molecule has 0 aromatic heterocycles. The molecule has 0 bridgehead atoms. The van der Waals surface area contributed by atoms with Gasteiger partial charge < -0.3 is 0 Å². The van der Waals surface area contributed by atoms with Crippen LogP contribution >= 0.6 is 0 Å². The number of hydrogen-bond donors (Lipinski definition) is 0. The van der Waals surface area contributed by atoms with Crippen LogP contribution in [-0.2, 0) is 0 Å². The van der Waals surface area contributed by atoms with Gasteiger partial charge in [-0.25, -0.2) is 0 Å². The van der Waals surface area contributed by atoms with Crippen LogP contribution in [0.5, 0.6) is 0 Å². The first kappa shape index (κ1) is 8.74. The minimum atomic E-state index is 0.701. The van der Waals surface area contributed by atoms with Crippen LogP contribution in [0.25, 0.3) is 0 Å². The predicted octanol–water partition coefficient (Wildman–Crippen LogP) is 3.24. The first-order valence-corrected chi connectivity index (χ1v) is 3.72. The Bertz CT molecular complexity index is 96.6. The molecule has 54 valence electrons. The van der Waals surface area contributed by atoms with E-state index in [9.17, 15) is 0 Å². The summed E-state index contributed by atoms with van der Waals surface area (Å²) in [6.45, 7) is 11.1. The Morgan fingerprint density at radius 3 is 1.67 bits per heavy atom. The normalized spacial score (nSPS) is 13.4. The van der Waals surface area contributed by atoms with Gasteiger partial charge in [-0.05, 0) is 18.8 Å². The molecular weight excluding hydrogens is 108 g/mol. The molecule has 0 fully saturated rings. The molecule has 0 aromatic carbocycles. The van der Waals surface area contributed by atoms with Crippen molar-refractivity contribution in [1.82, 2.24) is 0 Å². The molecule has 0 heterocycles. The maximum absolute atomic E-state index is 2.32. The van der Waals surface area contributed by atoms with E-state index in [2.05, 4.69) is 40.7 Å². The first-order chi connectivity index (χ1) is 4.04. The third-order valence-electron chi connectivity index (χ3n) is 1.51. The summed E-state index contributed by atoms with van der Waals surface area (Å²) in [6.07, 6.45) is 2.32. The molecule has 0 saturated heterocycles. The lowest BCUT2D eigenvalue weighted by Gasteiger charge is -2.05. The average molecular weight is 126 g/mol. The van der Waals surface area contributed by atoms with E-state index in [4.69, 9.17) is 0 Å². The van der Waals surface area contributed by atoms with Crippen LogP contribution in [0.3, 0.4) is 0 Å². The maximum atomic E-state index is 2.32. The van der Waals surface area contributed by atoms with Crippen LogP contribution in [0.1, 0.15) is 34.6 Å². The summed E-state index contributed by atoms with van der Waals surface area (Å²) in [5.41, 5.74) is 1.50. The molecule has 0 aliphatic heterocycles. The van der Waals surface area contributed by atoms with Gasteiger partial charge in [0.05, 0.1) is 0 Å². The van der Waals surface area contributed by atoms with Crippen LogP contribution in [0.4, 0.5) is 0 Å². The molecule has 0 rings (SSSR count). The molecule has 0 spiro atoms. The van der Waals surface area contributed by atoms with Crippen molar-refractivity contribution >= 4 is 0 Å². The van der Waals surface area contributed by atoms with Gasteiger partial charge in [0.15, 0.2) is 0 Å². The van der Waals surface area contributed by atoms with Crippen molar-refractivity contribution in [1.29, 1.82) is 0 Å². The number of allylic oxidation sites excluding steroid dienone is 2. The second-order valence-corrected chi connectivity index (χ2v) is 3.31. The van der Waals surface area contributed by atoms with Crippen molar-refractivity contribution in [3.05, 3.63) is 11.6 Å². The van der Waals surface area contributed by atoms with Crippen LogP contribution in [0.15, 0.2) is 11.6 Å². The van der Waals surface area contributed by atoms with Crippen molar-refractivity contribution < 1.29 is 0 Å². The standard InChI is InChI=1S/C9H18/c1-7(2)6-9(5)8(3)4/h6-8H,1-5H3/b9-6+. The minimum absolute atomic E-state index is 0.701. The zero-order chi connectivity index (χ0) is 7.44. The fourth-order valence-electron chi connectivity index (χ4n) is 0.718. The third kappa shape index (κ3) is 4.26. The second kappa shape index (κ2) is 3.71. The Morgan fingerprint density at radius 2 is 1.56 bits per heavy atom. The van der Waals surface area contributed by atoms with Crippen molar-refractivity contribution in [2.75, 3.05) is 0 Å². The topological polar surface area (TPSA) is 0 Å². The zero-order valence-corrected chi connectivity index (χ0v) is 7.23. The molecule has 9 heavy (non-hydrogen) atoms. The fourth-order valence-corrected chi connectivity index (χ4v) is 0.718. The molecule has 0 aliphatic rings. The average Bonchev–Trinajstić information content (AvgIpc) is 1.63. The Balaban J connectivity index is 3.84. The minimum Gasteiger partial charge on any atom is -0.0828 e. The Labute approximate surface area is 59.0 Å². The van der Waals surface area contributed by atoms with Gasteiger partial charge >= 0.3 is 0 Å². The molecule has 0 heteroatoms. The third-order valence-corrected chi connectivity index (χ3v) is 1.51. The van der Waals surface area contributed by atoms with Crippen LogP contribution in [-0.4, -0.2) is 0 Å². The zero-order valence-electron chi connectivity index (χ0n) is 7.23. The van der Waals surface area contributed by atoms with Crippen molar-refractivity contribution in [3.8, 4) is 0 Å². The highest BCUT2D eigenvalue weighted by molar-refractivity contribution is 5.01. The number of rotatable bonds is 2. The summed E-state index contributed by atoms with van der Waals surface area (Å²) in [7, 11) is 0.